The number of rotatable bonds is 8. The van der Waals surface area contributed by atoms with E-state index in [1.54, 1.807) is 14.2 Å². The van der Waals surface area contributed by atoms with E-state index in [1.807, 2.05) is 6.07 Å². The highest BCUT2D eigenvalue weighted by Gasteiger charge is 2.31. The molecule has 3 heteroatoms. The topological polar surface area (TPSA) is 21.7 Å². The van der Waals surface area contributed by atoms with Crippen LogP contribution in [0.4, 0.5) is 0 Å². The fraction of sp³-hybridized carbons (Fsp3) is 0.500. The lowest BCUT2D eigenvalue weighted by molar-refractivity contribution is 0.173. The normalized spacial score (nSPS) is 19.0. The molecular weight excluding hydrogens is 334 g/mol. The molecule has 0 bridgehead atoms. The van der Waals surface area contributed by atoms with Crippen LogP contribution in [0.2, 0.25) is 0 Å². The van der Waals surface area contributed by atoms with Gasteiger partial charge in [-0.05, 0) is 79.3 Å². The second-order valence-electron chi connectivity index (χ2n) is 8.03. The lowest BCUT2D eigenvalue weighted by Crippen LogP contribution is -2.41. The first-order valence-corrected chi connectivity index (χ1v) is 10.3. The summed E-state index contributed by atoms with van der Waals surface area (Å²) in [5.41, 5.74) is 4.27. The van der Waals surface area contributed by atoms with Crippen LogP contribution in [0.1, 0.15) is 36.0 Å². The van der Waals surface area contributed by atoms with Crippen molar-refractivity contribution < 1.29 is 9.47 Å². The van der Waals surface area contributed by atoms with Gasteiger partial charge >= 0.3 is 0 Å². The SMILES string of the molecule is COc1cccc(CCN(CC2CC2)C2CCc3cccc(OC)c3C2)c1. The van der Waals surface area contributed by atoms with E-state index < -0.39 is 0 Å². The molecule has 2 aliphatic rings. The van der Waals surface area contributed by atoms with Crippen LogP contribution in [-0.2, 0) is 19.3 Å². The van der Waals surface area contributed by atoms with Crippen molar-refractivity contribution in [1.29, 1.82) is 0 Å². The third-order valence-electron chi connectivity index (χ3n) is 6.16. The van der Waals surface area contributed by atoms with Crippen molar-refractivity contribution in [1.82, 2.24) is 4.90 Å². The summed E-state index contributed by atoms with van der Waals surface area (Å²) in [5.74, 6) is 2.93. The predicted octanol–water partition coefficient (Wildman–Crippen LogP) is 4.52. The van der Waals surface area contributed by atoms with E-state index in [0.717, 1.165) is 43.2 Å². The van der Waals surface area contributed by atoms with E-state index in [0.29, 0.717) is 6.04 Å². The zero-order chi connectivity index (χ0) is 18.6. The van der Waals surface area contributed by atoms with E-state index in [2.05, 4.69) is 41.3 Å². The minimum absolute atomic E-state index is 0.625. The fourth-order valence-electron chi connectivity index (χ4n) is 4.40. The van der Waals surface area contributed by atoms with Gasteiger partial charge in [-0.2, -0.15) is 0 Å². The highest BCUT2D eigenvalue weighted by atomic mass is 16.5. The van der Waals surface area contributed by atoms with Gasteiger partial charge < -0.3 is 9.47 Å². The van der Waals surface area contributed by atoms with E-state index in [4.69, 9.17) is 9.47 Å². The van der Waals surface area contributed by atoms with E-state index in [-0.39, 0.29) is 0 Å². The van der Waals surface area contributed by atoms with Gasteiger partial charge in [0.1, 0.15) is 11.5 Å². The maximum Gasteiger partial charge on any atom is 0.122 e. The molecule has 0 saturated heterocycles. The summed E-state index contributed by atoms with van der Waals surface area (Å²) >= 11 is 0. The first kappa shape index (κ1) is 18.4. The Morgan fingerprint density at radius 1 is 1.00 bits per heavy atom. The molecule has 1 atom stereocenters. The minimum atomic E-state index is 0.625. The summed E-state index contributed by atoms with van der Waals surface area (Å²) in [6.07, 6.45) is 7.43. The Morgan fingerprint density at radius 3 is 2.63 bits per heavy atom. The Labute approximate surface area is 163 Å². The predicted molar refractivity (Wildman–Crippen MR) is 110 cm³/mol. The molecule has 0 radical (unpaired) electrons. The Bertz CT molecular complexity index is 754. The first-order chi connectivity index (χ1) is 13.3. The van der Waals surface area contributed by atoms with Crippen molar-refractivity contribution in [3.05, 3.63) is 59.2 Å². The third kappa shape index (κ3) is 4.47. The first-order valence-electron chi connectivity index (χ1n) is 10.3. The molecular formula is C24H31NO2. The van der Waals surface area contributed by atoms with Gasteiger partial charge in [-0.25, -0.2) is 0 Å². The molecule has 2 aromatic rings. The molecule has 1 unspecified atom stereocenters. The number of nitrogens with zero attached hydrogens (tertiary/aromatic N) is 1. The number of hydrogen-bond acceptors (Lipinski definition) is 3. The van der Waals surface area contributed by atoms with Gasteiger partial charge in [-0.1, -0.05) is 24.3 Å². The van der Waals surface area contributed by atoms with Gasteiger partial charge in [0.2, 0.25) is 0 Å². The number of methoxy groups -OCH3 is 2. The second-order valence-corrected chi connectivity index (χ2v) is 8.03. The monoisotopic (exact) mass is 365 g/mol. The lowest BCUT2D eigenvalue weighted by atomic mass is 9.86. The van der Waals surface area contributed by atoms with Crippen LogP contribution in [0, 0.1) is 5.92 Å². The second kappa shape index (κ2) is 8.35. The highest BCUT2D eigenvalue weighted by Crippen LogP contribution is 2.35. The largest absolute Gasteiger partial charge is 0.497 e. The number of ether oxygens (including phenoxy) is 2. The van der Waals surface area contributed by atoms with Gasteiger partial charge in [-0.3, -0.25) is 4.90 Å². The summed E-state index contributed by atoms with van der Waals surface area (Å²) in [4.78, 5) is 2.76. The highest BCUT2D eigenvalue weighted by molar-refractivity contribution is 5.42. The summed E-state index contributed by atoms with van der Waals surface area (Å²) < 4.78 is 11.0. The maximum atomic E-state index is 5.66. The molecule has 0 spiro atoms. The van der Waals surface area contributed by atoms with Crippen LogP contribution >= 0.6 is 0 Å². The zero-order valence-corrected chi connectivity index (χ0v) is 16.6. The molecule has 4 rings (SSSR count). The van der Waals surface area contributed by atoms with Gasteiger partial charge in [-0.15, -0.1) is 0 Å². The quantitative estimate of drug-likeness (QED) is 0.687. The number of hydrogen-bond donors (Lipinski definition) is 0. The molecule has 3 nitrogen and oxygen atoms in total. The van der Waals surface area contributed by atoms with Gasteiger partial charge in [0.25, 0.3) is 0 Å². The molecule has 0 heterocycles. The molecule has 27 heavy (non-hydrogen) atoms. The molecule has 1 fully saturated rings. The molecule has 144 valence electrons. The van der Waals surface area contributed by atoms with Crippen LogP contribution < -0.4 is 9.47 Å². The molecule has 0 amide bonds. The van der Waals surface area contributed by atoms with E-state index in [1.165, 1.54) is 42.5 Å². The number of fused-ring (bicyclic) bond motifs is 1. The maximum absolute atomic E-state index is 5.66. The molecule has 2 aliphatic carbocycles. The fourth-order valence-corrected chi connectivity index (χ4v) is 4.40. The summed E-state index contributed by atoms with van der Waals surface area (Å²) in [7, 11) is 3.54. The number of benzene rings is 2. The minimum Gasteiger partial charge on any atom is -0.497 e. The molecule has 0 aliphatic heterocycles. The molecule has 0 N–H and O–H groups in total. The van der Waals surface area contributed by atoms with Crippen LogP contribution in [0.15, 0.2) is 42.5 Å². The third-order valence-corrected chi connectivity index (χ3v) is 6.16. The van der Waals surface area contributed by atoms with Gasteiger partial charge in [0, 0.05) is 19.1 Å². The standard InChI is InChI=1S/C24H31NO2/c1-26-22-7-3-5-18(15-22)13-14-25(17-19-9-10-19)21-12-11-20-6-4-8-24(27-2)23(20)16-21/h3-8,15,19,21H,9-14,16-17H2,1-2H3. The van der Waals surface area contributed by atoms with Crippen molar-refractivity contribution >= 4 is 0 Å². The van der Waals surface area contributed by atoms with Crippen LogP contribution in [-0.4, -0.2) is 38.3 Å². The van der Waals surface area contributed by atoms with Crippen LogP contribution in [0.3, 0.4) is 0 Å². The lowest BCUT2D eigenvalue weighted by Gasteiger charge is -2.36. The van der Waals surface area contributed by atoms with E-state index >= 15 is 0 Å². The summed E-state index contributed by atoms with van der Waals surface area (Å²) in [6, 6.07) is 15.7. The summed E-state index contributed by atoms with van der Waals surface area (Å²) in [5, 5.41) is 0. The average molecular weight is 366 g/mol. The van der Waals surface area contributed by atoms with Crippen LogP contribution in [0.5, 0.6) is 11.5 Å². The van der Waals surface area contributed by atoms with Gasteiger partial charge in [0.15, 0.2) is 0 Å². The Hall–Kier alpha value is -2.00. The molecule has 2 aromatic carbocycles. The van der Waals surface area contributed by atoms with Gasteiger partial charge in [0.05, 0.1) is 14.2 Å². The van der Waals surface area contributed by atoms with Crippen molar-refractivity contribution in [2.45, 2.75) is 44.6 Å². The van der Waals surface area contributed by atoms with Crippen molar-refractivity contribution in [2.75, 3.05) is 27.3 Å². The Morgan fingerprint density at radius 2 is 1.85 bits per heavy atom. The Balaban J connectivity index is 1.47. The van der Waals surface area contributed by atoms with Crippen molar-refractivity contribution in [3.8, 4) is 11.5 Å². The average Bonchev–Trinajstić information content (AvgIpc) is 3.54. The molecule has 1 saturated carbocycles. The van der Waals surface area contributed by atoms with E-state index in [9.17, 15) is 0 Å². The smallest absolute Gasteiger partial charge is 0.122 e. The number of aryl methyl sites for hydroxylation is 1. The van der Waals surface area contributed by atoms with Crippen molar-refractivity contribution in [2.24, 2.45) is 5.92 Å². The summed E-state index contributed by atoms with van der Waals surface area (Å²) in [6.45, 7) is 2.37. The van der Waals surface area contributed by atoms with Crippen LogP contribution in [0.25, 0.3) is 0 Å². The van der Waals surface area contributed by atoms with Crippen molar-refractivity contribution in [3.63, 3.8) is 0 Å². The molecule has 0 aromatic heterocycles. The Kier molecular flexibility index (Phi) is 5.68. The zero-order valence-electron chi connectivity index (χ0n) is 16.6.